The van der Waals surface area contributed by atoms with Crippen LogP contribution in [0, 0.1) is 6.92 Å². The number of piperazine rings is 1. The van der Waals surface area contributed by atoms with Gasteiger partial charge in [-0.25, -0.2) is 4.98 Å². The van der Waals surface area contributed by atoms with Crippen molar-refractivity contribution in [3.63, 3.8) is 0 Å². The molecule has 5 nitrogen and oxygen atoms in total. The SMILES string of the molecule is Cc1csc(C(=O)Nc2ccc(N3CCNCC3)cn2)c1Cl.Cl. The van der Waals surface area contributed by atoms with Crippen molar-refractivity contribution in [3.8, 4) is 0 Å². The van der Waals surface area contributed by atoms with Gasteiger partial charge in [0.25, 0.3) is 5.91 Å². The van der Waals surface area contributed by atoms with E-state index in [-0.39, 0.29) is 18.3 Å². The van der Waals surface area contributed by atoms with Gasteiger partial charge in [0.15, 0.2) is 0 Å². The van der Waals surface area contributed by atoms with Gasteiger partial charge in [-0.2, -0.15) is 0 Å². The van der Waals surface area contributed by atoms with E-state index in [1.54, 1.807) is 6.20 Å². The molecule has 1 aliphatic heterocycles. The second-order valence-corrected chi connectivity index (χ2v) is 6.41. The zero-order valence-corrected chi connectivity index (χ0v) is 15.0. The fourth-order valence-corrected chi connectivity index (χ4v) is 3.50. The molecule has 0 unspecified atom stereocenters. The first-order chi connectivity index (χ1) is 10.6. The Kier molecular flexibility index (Phi) is 6.24. The number of amides is 1. The van der Waals surface area contributed by atoms with E-state index in [0.717, 1.165) is 37.4 Å². The maximum atomic E-state index is 12.2. The minimum absolute atomic E-state index is 0. The summed E-state index contributed by atoms with van der Waals surface area (Å²) >= 11 is 7.46. The Balaban J connectivity index is 0.00000192. The largest absolute Gasteiger partial charge is 0.368 e. The quantitative estimate of drug-likeness (QED) is 0.868. The fraction of sp³-hybridized carbons (Fsp3) is 0.333. The van der Waals surface area contributed by atoms with Crippen molar-refractivity contribution in [1.82, 2.24) is 10.3 Å². The van der Waals surface area contributed by atoms with Crippen molar-refractivity contribution in [2.45, 2.75) is 6.92 Å². The second kappa shape index (κ2) is 7.97. The summed E-state index contributed by atoms with van der Waals surface area (Å²) in [5.41, 5.74) is 1.99. The smallest absolute Gasteiger partial charge is 0.268 e. The lowest BCUT2D eigenvalue weighted by atomic mass is 10.3. The summed E-state index contributed by atoms with van der Waals surface area (Å²) in [5.74, 6) is 0.316. The van der Waals surface area contributed by atoms with Crippen LogP contribution in [0.5, 0.6) is 0 Å². The Morgan fingerprint density at radius 3 is 2.70 bits per heavy atom. The number of halogens is 2. The highest BCUT2D eigenvalue weighted by atomic mass is 35.5. The monoisotopic (exact) mass is 372 g/mol. The molecule has 23 heavy (non-hydrogen) atoms. The number of rotatable bonds is 3. The standard InChI is InChI=1S/C15H17ClN4OS.ClH/c1-10-9-22-14(13(10)16)15(21)19-12-3-2-11(8-18-12)20-6-4-17-5-7-20;/h2-3,8-9,17H,4-7H2,1H3,(H,18,19,21);1H. The third kappa shape index (κ3) is 4.14. The van der Waals surface area contributed by atoms with Gasteiger partial charge in [-0.05, 0) is 30.0 Å². The summed E-state index contributed by atoms with van der Waals surface area (Å²) < 4.78 is 0. The number of pyridine rings is 1. The Hall–Kier alpha value is -1.34. The normalized spacial score (nSPS) is 14.3. The van der Waals surface area contributed by atoms with E-state index in [1.165, 1.54) is 11.3 Å². The number of thiophene rings is 1. The molecule has 0 aliphatic carbocycles. The lowest BCUT2D eigenvalue weighted by Gasteiger charge is -2.29. The molecule has 3 heterocycles. The summed E-state index contributed by atoms with van der Waals surface area (Å²) in [6.45, 7) is 5.79. The zero-order chi connectivity index (χ0) is 15.5. The molecular weight excluding hydrogens is 355 g/mol. The molecule has 0 saturated carbocycles. The van der Waals surface area contributed by atoms with Crippen molar-refractivity contribution in [2.75, 3.05) is 36.4 Å². The molecule has 8 heteroatoms. The molecule has 2 aromatic heterocycles. The predicted molar refractivity (Wildman–Crippen MR) is 98.6 cm³/mol. The maximum Gasteiger partial charge on any atom is 0.268 e. The van der Waals surface area contributed by atoms with Gasteiger partial charge in [0.1, 0.15) is 10.7 Å². The van der Waals surface area contributed by atoms with Gasteiger partial charge in [-0.1, -0.05) is 11.6 Å². The van der Waals surface area contributed by atoms with Crippen LogP contribution in [0.4, 0.5) is 11.5 Å². The van der Waals surface area contributed by atoms with Crippen LogP contribution in [0.15, 0.2) is 23.7 Å². The highest BCUT2D eigenvalue weighted by Crippen LogP contribution is 2.27. The summed E-state index contributed by atoms with van der Waals surface area (Å²) in [7, 11) is 0. The molecule has 1 saturated heterocycles. The number of carbonyl (C=O) groups is 1. The molecule has 0 bridgehead atoms. The third-order valence-electron chi connectivity index (χ3n) is 3.58. The average molecular weight is 373 g/mol. The number of hydrogen-bond donors (Lipinski definition) is 2. The summed E-state index contributed by atoms with van der Waals surface area (Å²) in [6.07, 6.45) is 1.79. The highest BCUT2D eigenvalue weighted by molar-refractivity contribution is 7.13. The lowest BCUT2D eigenvalue weighted by molar-refractivity contribution is 0.103. The maximum absolute atomic E-state index is 12.2. The predicted octanol–water partition coefficient (Wildman–Crippen LogP) is 3.19. The first kappa shape index (κ1) is 18.0. The Bertz CT molecular complexity index is 669. The minimum atomic E-state index is -0.217. The fourth-order valence-electron chi connectivity index (χ4n) is 2.33. The molecule has 3 rings (SSSR count). The van der Waals surface area contributed by atoms with E-state index >= 15 is 0 Å². The Morgan fingerprint density at radius 1 is 1.39 bits per heavy atom. The molecule has 0 spiro atoms. The molecule has 1 aliphatic rings. The number of nitrogens with zero attached hydrogens (tertiary/aromatic N) is 2. The van der Waals surface area contributed by atoms with Crippen molar-refractivity contribution in [1.29, 1.82) is 0 Å². The van der Waals surface area contributed by atoms with E-state index < -0.39 is 0 Å². The van der Waals surface area contributed by atoms with Crippen LogP contribution in [-0.4, -0.2) is 37.1 Å². The van der Waals surface area contributed by atoms with E-state index in [4.69, 9.17) is 11.6 Å². The molecule has 0 atom stereocenters. The molecule has 2 N–H and O–H groups in total. The van der Waals surface area contributed by atoms with Crippen LogP contribution in [0.2, 0.25) is 5.02 Å². The van der Waals surface area contributed by atoms with Gasteiger partial charge in [0, 0.05) is 26.2 Å². The van der Waals surface area contributed by atoms with Gasteiger partial charge in [-0.3, -0.25) is 4.79 Å². The second-order valence-electron chi connectivity index (χ2n) is 5.15. The molecule has 1 fully saturated rings. The number of nitrogens with one attached hydrogen (secondary N) is 2. The van der Waals surface area contributed by atoms with Crippen LogP contribution >= 0.6 is 35.3 Å². The third-order valence-corrected chi connectivity index (χ3v) is 5.27. The first-order valence-electron chi connectivity index (χ1n) is 7.12. The molecule has 124 valence electrons. The Labute approximate surface area is 150 Å². The molecule has 1 amide bonds. The van der Waals surface area contributed by atoms with Crippen LogP contribution in [0.25, 0.3) is 0 Å². The van der Waals surface area contributed by atoms with Crippen molar-refractivity contribution in [3.05, 3.63) is 39.2 Å². The minimum Gasteiger partial charge on any atom is -0.368 e. The zero-order valence-electron chi connectivity index (χ0n) is 12.6. The molecule has 0 radical (unpaired) electrons. The Morgan fingerprint density at radius 2 is 2.13 bits per heavy atom. The van der Waals surface area contributed by atoms with Crippen LogP contribution in [0.1, 0.15) is 15.2 Å². The van der Waals surface area contributed by atoms with E-state index in [9.17, 15) is 4.79 Å². The number of anilines is 2. The van der Waals surface area contributed by atoms with Crippen molar-refractivity contribution >= 4 is 52.8 Å². The van der Waals surface area contributed by atoms with Crippen LogP contribution < -0.4 is 15.5 Å². The molecular formula is C15H18Cl2N4OS. The topological polar surface area (TPSA) is 57.3 Å². The van der Waals surface area contributed by atoms with Gasteiger partial charge >= 0.3 is 0 Å². The number of aromatic nitrogens is 1. The van der Waals surface area contributed by atoms with Gasteiger partial charge in [-0.15, -0.1) is 23.7 Å². The highest BCUT2D eigenvalue weighted by Gasteiger charge is 2.16. The summed E-state index contributed by atoms with van der Waals surface area (Å²) in [5, 5.41) is 8.49. The van der Waals surface area contributed by atoms with Crippen LogP contribution in [-0.2, 0) is 0 Å². The van der Waals surface area contributed by atoms with E-state index in [1.807, 2.05) is 24.4 Å². The van der Waals surface area contributed by atoms with Crippen molar-refractivity contribution in [2.24, 2.45) is 0 Å². The van der Waals surface area contributed by atoms with E-state index in [0.29, 0.717) is 15.7 Å². The lowest BCUT2D eigenvalue weighted by Crippen LogP contribution is -2.43. The summed E-state index contributed by atoms with van der Waals surface area (Å²) in [4.78, 5) is 19.3. The first-order valence-corrected chi connectivity index (χ1v) is 8.37. The average Bonchev–Trinajstić information content (AvgIpc) is 2.88. The number of carbonyl (C=O) groups excluding carboxylic acids is 1. The van der Waals surface area contributed by atoms with Crippen molar-refractivity contribution < 1.29 is 4.79 Å². The molecule has 2 aromatic rings. The van der Waals surface area contributed by atoms with Crippen LogP contribution in [0.3, 0.4) is 0 Å². The van der Waals surface area contributed by atoms with Gasteiger partial charge < -0.3 is 15.5 Å². The number of aryl methyl sites for hydroxylation is 1. The van der Waals surface area contributed by atoms with Gasteiger partial charge in [0.2, 0.25) is 0 Å². The van der Waals surface area contributed by atoms with Gasteiger partial charge in [0.05, 0.1) is 16.9 Å². The summed E-state index contributed by atoms with van der Waals surface area (Å²) in [6, 6.07) is 3.80. The molecule has 0 aromatic carbocycles. The number of hydrogen-bond acceptors (Lipinski definition) is 5. The van der Waals surface area contributed by atoms with E-state index in [2.05, 4.69) is 20.5 Å².